The molecule has 1 atom stereocenters. The molecule has 0 bridgehead atoms. The summed E-state index contributed by atoms with van der Waals surface area (Å²) in [6.07, 6.45) is 8.34. The van der Waals surface area contributed by atoms with Crippen LogP contribution in [-0.2, 0) is 4.79 Å². The predicted molar refractivity (Wildman–Crippen MR) is 124 cm³/mol. The monoisotopic (exact) mass is 483 g/mol. The minimum atomic E-state index is -0.374. The minimum absolute atomic E-state index is 0.0491. The lowest BCUT2D eigenvalue weighted by Crippen LogP contribution is -2.56. The summed E-state index contributed by atoms with van der Waals surface area (Å²) in [5.41, 5.74) is 2.57. The number of fused-ring (bicyclic) bond motifs is 1. The number of aliphatic hydroxyl groups excluding tert-OH is 1. The average molecular weight is 484 g/mol. The van der Waals surface area contributed by atoms with Crippen LogP contribution in [0.3, 0.4) is 0 Å². The molecule has 9 nitrogen and oxygen atoms in total. The molecule has 6 rings (SSSR count). The molecule has 2 saturated carbocycles. The maximum atomic E-state index is 13.4. The summed E-state index contributed by atoms with van der Waals surface area (Å²) >= 11 is 6.70. The van der Waals surface area contributed by atoms with Crippen LogP contribution in [0, 0.1) is 5.92 Å². The van der Waals surface area contributed by atoms with E-state index in [-0.39, 0.29) is 41.7 Å². The van der Waals surface area contributed by atoms with E-state index in [2.05, 4.69) is 10.1 Å². The van der Waals surface area contributed by atoms with Crippen molar-refractivity contribution in [2.45, 2.75) is 44.1 Å². The lowest BCUT2D eigenvalue weighted by Gasteiger charge is -2.38. The third kappa shape index (κ3) is 3.86. The zero-order valence-electron chi connectivity index (χ0n) is 18.7. The summed E-state index contributed by atoms with van der Waals surface area (Å²) in [5.74, 6) is 1.08. The Hall–Kier alpha value is -2.91. The second kappa shape index (κ2) is 8.39. The van der Waals surface area contributed by atoms with Gasteiger partial charge in [0.15, 0.2) is 17.8 Å². The molecular formula is C24H26ClN5O4. The Labute approximate surface area is 201 Å². The molecule has 2 amide bonds. The van der Waals surface area contributed by atoms with Crippen LogP contribution >= 0.6 is 11.6 Å². The number of carbonyl (C=O) groups is 2. The second-order valence-corrected chi connectivity index (χ2v) is 9.98. The van der Waals surface area contributed by atoms with Crippen molar-refractivity contribution in [3.8, 4) is 11.5 Å². The van der Waals surface area contributed by atoms with Crippen molar-refractivity contribution >= 4 is 28.9 Å². The Morgan fingerprint density at radius 2 is 2.06 bits per heavy atom. The van der Waals surface area contributed by atoms with Crippen LogP contribution in [0.4, 0.5) is 0 Å². The first kappa shape index (κ1) is 21.6. The topological polar surface area (TPSA) is 104 Å². The number of halogens is 1. The number of pyridine rings is 1. The normalized spacial score (nSPS) is 19.8. The third-order valence-corrected chi connectivity index (χ3v) is 7.50. The highest BCUT2D eigenvalue weighted by atomic mass is 35.5. The van der Waals surface area contributed by atoms with Gasteiger partial charge < -0.3 is 19.3 Å². The van der Waals surface area contributed by atoms with Crippen molar-refractivity contribution in [2.75, 3.05) is 26.2 Å². The van der Waals surface area contributed by atoms with E-state index in [1.165, 1.54) is 11.3 Å². The van der Waals surface area contributed by atoms with E-state index < -0.39 is 0 Å². The number of hydrogen-bond acceptors (Lipinski definition) is 6. The molecular weight excluding hydrogens is 458 g/mol. The van der Waals surface area contributed by atoms with Crippen LogP contribution in [-0.4, -0.2) is 73.6 Å². The molecule has 1 saturated heterocycles. The van der Waals surface area contributed by atoms with E-state index in [0.29, 0.717) is 41.9 Å². The molecule has 178 valence electrons. The van der Waals surface area contributed by atoms with Gasteiger partial charge in [0.1, 0.15) is 12.2 Å². The lowest BCUT2D eigenvalue weighted by atomic mass is 10.1. The first-order chi connectivity index (χ1) is 16.5. The maximum absolute atomic E-state index is 13.4. The predicted octanol–water partition coefficient (Wildman–Crippen LogP) is 2.97. The van der Waals surface area contributed by atoms with Crippen LogP contribution in [0.1, 0.15) is 54.1 Å². The number of rotatable bonds is 7. The van der Waals surface area contributed by atoms with Crippen molar-refractivity contribution in [1.29, 1.82) is 0 Å². The van der Waals surface area contributed by atoms with Crippen LogP contribution in [0.2, 0.25) is 5.02 Å². The smallest absolute Gasteiger partial charge is 0.276 e. The summed E-state index contributed by atoms with van der Waals surface area (Å²) in [6, 6.07) is 3.82. The van der Waals surface area contributed by atoms with E-state index in [0.717, 1.165) is 37.7 Å². The molecule has 3 aliphatic rings. The molecule has 0 spiro atoms. The molecule has 10 heteroatoms. The van der Waals surface area contributed by atoms with Gasteiger partial charge in [0, 0.05) is 13.1 Å². The largest absolute Gasteiger partial charge is 0.442 e. The first-order valence-corrected chi connectivity index (χ1v) is 12.2. The van der Waals surface area contributed by atoms with Crippen LogP contribution in [0.25, 0.3) is 17.0 Å². The van der Waals surface area contributed by atoms with Crippen molar-refractivity contribution in [3.63, 3.8) is 0 Å². The molecule has 4 heterocycles. The Morgan fingerprint density at radius 3 is 2.71 bits per heavy atom. The molecule has 2 aliphatic carbocycles. The lowest BCUT2D eigenvalue weighted by molar-refractivity contribution is -0.138. The van der Waals surface area contributed by atoms with Crippen molar-refractivity contribution in [2.24, 2.45) is 5.92 Å². The Kier molecular flexibility index (Phi) is 5.33. The summed E-state index contributed by atoms with van der Waals surface area (Å²) in [6.45, 7) is 0.662. The highest BCUT2D eigenvalue weighted by Crippen LogP contribution is 2.43. The van der Waals surface area contributed by atoms with Crippen LogP contribution in [0.5, 0.6) is 0 Å². The van der Waals surface area contributed by atoms with Gasteiger partial charge in [0.25, 0.3) is 5.91 Å². The van der Waals surface area contributed by atoms with Crippen molar-refractivity contribution < 1.29 is 19.1 Å². The SMILES string of the molecule is O=C(c1nn2c(-c3cnco3)cc(C3CC3)cc2c1Cl)N1CCN([C@H](CO)CC2CC2)C(=O)C1. The minimum Gasteiger partial charge on any atom is -0.442 e. The van der Waals surface area contributed by atoms with E-state index >= 15 is 0 Å². The molecule has 3 aromatic heterocycles. The van der Waals surface area contributed by atoms with Crippen LogP contribution < -0.4 is 0 Å². The van der Waals surface area contributed by atoms with Gasteiger partial charge in [-0.05, 0) is 48.8 Å². The molecule has 3 fully saturated rings. The fourth-order valence-corrected chi connectivity index (χ4v) is 5.13. The fourth-order valence-electron chi connectivity index (χ4n) is 4.88. The number of hydrogen-bond donors (Lipinski definition) is 1. The van der Waals surface area contributed by atoms with Gasteiger partial charge >= 0.3 is 0 Å². The van der Waals surface area contributed by atoms with E-state index in [4.69, 9.17) is 16.0 Å². The summed E-state index contributed by atoms with van der Waals surface area (Å²) in [5, 5.41) is 14.6. The molecule has 1 N–H and O–H groups in total. The molecule has 0 aromatic carbocycles. The Bertz CT molecular complexity index is 1250. The summed E-state index contributed by atoms with van der Waals surface area (Å²) in [7, 11) is 0. The van der Waals surface area contributed by atoms with Gasteiger partial charge in [-0.3, -0.25) is 9.59 Å². The van der Waals surface area contributed by atoms with E-state index in [9.17, 15) is 14.7 Å². The van der Waals surface area contributed by atoms with Gasteiger partial charge in [-0.2, -0.15) is 5.10 Å². The quantitative estimate of drug-likeness (QED) is 0.554. The van der Waals surface area contributed by atoms with E-state index in [1.54, 1.807) is 15.6 Å². The second-order valence-electron chi connectivity index (χ2n) is 9.60. The number of piperazine rings is 1. The average Bonchev–Trinajstić information content (AvgIpc) is 3.77. The first-order valence-electron chi connectivity index (χ1n) is 11.8. The number of amides is 2. The Balaban J connectivity index is 1.28. The summed E-state index contributed by atoms with van der Waals surface area (Å²) < 4.78 is 7.14. The maximum Gasteiger partial charge on any atom is 0.276 e. The standard InChI is InChI=1S/C24H26ClN5O4/c25-22-19-9-16(15-3-4-15)8-18(20-10-26-13-34-20)30(19)27-23(22)24(33)28-5-6-29(21(32)11-28)17(12-31)7-14-1-2-14/h8-10,13-15,17,31H,1-7,11-12H2/t17-/m0/s1. The fraction of sp³-hybridized carbons (Fsp3) is 0.500. The highest BCUT2D eigenvalue weighted by Gasteiger charge is 2.36. The molecule has 1 aliphatic heterocycles. The van der Waals surface area contributed by atoms with Gasteiger partial charge in [-0.25, -0.2) is 9.50 Å². The van der Waals surface area contributed by atoms with Crippen LogP contribution in [0.15, 0.2) is 29.1 Å². The molecule has 3 aromatic rings. The number of nitrogens with zero attached hydrogens (tertiary/aromatic N) is 5. The number of aromatic nitrogens is 3. The highest BCUT2D eigenvalue weighted by molar-refractivity contribution is 6.37. The zero-order valence-corrected chi connectivity index (χ0v) is 19.4. The van der Waals surface area contributed by atoms with Gasteiger partial charge in [0.05, 0.1) is 29.4 Å². The number of oxazole rings is 1. The van der Waals surface area contributed by atoms with Gasteiger partial charge in [0.2, 0.25) is 5.91 Å². The van der Waals surface area contributed by atoms with Crippen molar-refractivity contribution in [1.82, 2.24) is 24.4 Å². The van der Waals surface area contributed by atoms with Crippen molar-refractivity contribution in [3.05, 3.63) is 41.0 Å². The van der Waals surface area contributed by atoms with Gasteiger partial charge in [-0.1, -0.05) is 24.4 Å². The van der Waals surface area contributed by atoms with E-state index in [1.807, 2.05) is 12.1 Å². The third-order valence-electron chi connectivity index (χ3n) is 7.13. The molecule has 0 unspecified atom stereocenters. The van der Waals surface area contributed by atoms with Gasteiger partial charge in [-0.15, -0.1) is 0 Å². The number of aliphatic hydroxyl groups is 1. The Morgan fingerprint density at radius 1 is 1.24 bits per heavy atom. The summed E-state index contributed by atoms with van der Waals surface area (Å²) in [4.78, 5) is 33.5. The number of carbonyl (C=O) groups excluding carboxylic acids is 2. The molecule has 0 radical (unpaired) electrons. The zero-order chi connectivity index (χ0) is 23.4. The molecule has 34 heavy (non-hydrogen) atoms.